The second-order valence-electron chi connectivity index (χ2n) is 2.92. The number of hydrogen-bond donors (Lipinski definition) is 1. The molecular weight excluding hydrogens is 228 g/mol. The van der Waals surface area contributed by atoms with Crippen molar-refractivity contribution in [1.82, 2.24) is 0 Å². The van der Waals surface area contributed by atoms with E-state index >= 15 is 0 Å². The van der Waals surface area contributed by atoms with Crippen molar-refractivity contribution in [3.63, 3.8) is 0 Å². The van der Waals surface area contributed by atoms with Crippen LogP contribution in [0.3, 0.4) is 0 Å². The Morgan fingerprint density at radius 1 is 1.29 bits per heavy atom. The number of rotatable bonds is 6. The quantitative estimate of drug-likeness (QED) is 0.436. The van der Waals surface area contributed by atoms with Gasteiger partial charge in [0, 0.05) is 13.5 Å². The smallest absolute Gasteiger partial charge is 0.371 e. The van der Waals surface area contributed by atoms with Gasteiger partial charge < -0.3 is 9.84 Å². The molecule has 0 saturated heterocycles. The van der Waals surface area contributed by atoms with Gasteiger partial charge in [0.05, 0.1) is 18.3 Å². The number of carbonyl (C=O) groups excluding carboxylic acids is 1. The fraction of sp³-hybridized carbons (Fsp3) is 0.636. The number of carboxylic acid groups (broad SMARTS) is 1. The molecule has 0 amide bonds. The highest BCUT2D eigenvalue weighted by Gasteiger charge is 2.16. The first kappa shape index (κ1) is 18.0. The predicted molar refractivity (Wildman–Crippen MR) is 61.3 cm³/mol. The van der Waals surface area contributed by atoms with Crippen LogP contribution in [0.1, 0.15) is 27.7 Å². The van der Waals surface area contributed by atoms with Crippen molar-refractivity contribution < 1.29 is 29.2 Å². The molecule has 0 radical (unpaired) electrons. The molecule has 1 unspecified atom stereocenters. The van der Waals surface area contributed by atoms with E-state index in [0.29, 0.717) is 13.2 Å². The van der Waals surface area contributed by atoms with Gasteiger partial charge in [0.1, 0.15) is 0 Å². The summed E-state index contributed by atoms with van der Waals surface area (Å²) < 4.78 is 5.15. The first-order valence-corrected chi connectivity index (χ1v) is 5.20. The summed E-state index contributed by atoms with van der Waals surface area (Å²) in [5.41, 5.74) is 0.260. The van der Waals surface area contributed by atoms with Crippen molar-refractivity contribution in [2.75, 3.05) is 13.2 Å². The third-order valence-electron chi connectivity index (χ3n) is 1.42. The molecule has 0 aromatic rings. The molecule has 1 N–H and O–H groups in total. The van der Waals surface area contributed by atoms with Crippen LogP contribution in [-0.4, -0.2) is 36.4 Å². The van der Waals surface area contributed by atoms with E-state index < -0.39 is 11.9 Å². The number of carboxylic acids is 1. The first-order valence-electron chi connectivity index (χ1n) is 5.20. The topological polar surface area (TPSA) is 82.1 Å². The normalized spacial score (nSPS) is 10.8. The second kappa shape index (κ2) is 11.1. The largest absolute Gasteiger partial charge is 0.481 e. The molecule has 0 heterocycles. The van der Waals surface area contributed by atoms with Gasteiger partial charge in [-0.15, -0.1) is 0 Å². The minimum atomic E-state index is -0.833. The highest BCUT2D eigenvalue weighted by atomic mass is 17.2. The van der Waals surface area contributed by atoms with Crippen LogP contribution in [0.2, 0.25) is 0 Å². The summed E-state index contributed by atoms with van der Waals surface area (Å²) in [6.07, 6.45) is -0.335. The van der Waals surface area contributed by atoms with Crippen molar-refractivity contribution in [3.8, 4) is 0 Å². The van der Waals surface area contributed by atoms with Gasteiger partial charge in [-0.3, -0.25) is 9.68 Å². The molecule has 0 saturated carbocycles. The molecule has 0 aromatic heterocycles. The molecule has 17 heavy (non-hydrogen) atoms. The fourth-order valence-electron chi connectivity index (χ4n) is 0.683. The van der Waals surface area contributed by atoms with E-state index in [1.54, 1.807) is 13.8 Å². The number of ether oxygens (including phenoxy) is 1. The van der Waals surface area contributed by atoms with E-state index in [1.165, 1.54) is 0 Å². The van der Waals surface area contributed by atoms with Crippen LogP contribution in [0.25, 0.3) is 0 Å². The molecular formula is C11H20O6. The number of aliphatic carboxylic acids is 1. The van der Waals surface area contributed by atoms with E-state index in [4.69, 9.17) is 14.6 Å². The van der Waals surface area contributed by atoms with Gasteiger partial charge in [-0.05, 0) is 20.8 Å². The van der Waals surface area contributed by atoms with Crippen LogP contribution < -0.4 is 0 Å². The van der Waals surface area contributed by atoms with E-state index in [-0.39, 0.29) is 11.7 Å². The molecule has 1 atom stereocenters. The molecule has 100 valence electrons. The molecule has 0 aromatic carbocycles. The summed E-state index contributed by atoms with van der Waals surface area (Å²) in [5.74, 6) is -1.41. The van der Waals surface area contributed by atoms with Crippen molar-refractivity contribution >= 4 is 11.9 Å². The van der Waals surface area contributed by atoms with Crippen molar-refractivity contribution in [3.05, 3.63) is 12.2 Å². The molecule has 0 aliphatic carbocycles. The third-order valence-corrected chi connectivity index (χ3v) is 1.42. The van der Waals surface area contributed by atoms with Crippen LogP contribution in [-0.2, 0) is 24.1 Å². The molecule has 6 heteroatoms. The molecule has 0 aliphatic heterocycles. The number of hydrogen-bond acceptors (Lipinski definition) is 5. The zero-order valence-electron chi connectivity index (χ0n) is 10.7. The summed E-state index contributed by atoms with van der Waals surface area (Å²) >= 11 is 0. The lowest BCUT2D eigenvalue weighted by molar-refractivity contribution is -0.266. The summed E-state index contributed by atoms with van der Waals surface area (Å²) in [5, 5.41) is 7.42. The van der Waals surface area contributed by atoms with Gasteiger partial charge in [-0.2, -0.15) is 4.89 Å². The van der Waals surface area contributed by atoms with E-state index in [0.717, 1.165) is 6.92 Å². The molecule has 0 bridgehead atoms. The average Bonchev–Trinajstić information content (AvgIpc) is 2.24. The van der Waals surface area contributed by atoms with Crippen molar-refractivity contribution in [2.24, 2.45) is 0 Å². The predicted octanol–water partition coefficient (Wildman–Crippen LogP) is 1.55. The minimum absolute atomic E-state index is 0.260. The van der Waals surface area contributed by atoms with Crippen LogP contribution in [0.4, 0.5) is 0 Å². The Labute approximate surface area is 101 Å². The van der Waals surface area contributed by atoms with Gasteiger partial charge in [0.2, 0.25) is 0 Å². The van der Waals surface area contributed by atoms with Crippen LogP contribution in [0.15, 0.2) is 12.2 Å². The summed E-state index contributed by atoms with van der Waals surface area (Å²) in [6.45, 7) is 10.8. The maximum Gasteiger partial charge on any atom is 0.371 e. The van der Waals surface area contributed by atoms with Crippen molar-refractivity contribution in [1.29, 1.82) is 0 Å². The highest BCUT2D eigenvalue weighted by Crippen LogP contribution is 2.06. The Bertz CT molecular complexity index is 244. The summed E-state index contributed by atoms with van der Waals surface area (Å²) in [4.78, 5) is 29.0. The number of carbonyl (C=O) groups is 2. The summed E-state index contributed by atoms with van der Waals surface area (Å²) in [7, 11) is 0. The lowest BCUT2D eigenvalue weighted by atomic mass is 10.2. The monoisotopic (exact) mass is 248 g/mol. The Morgan fingerprint density at radius 2 is 1.76 bits per heavy atom. The lowest BCUT2D eigenvalue weighted by Crippen LogP contribution is -2.19. The fourth-order valence-corrected chi connectivity index (χ4v) is 0.683. The standard InChI is InChI=1S/C9H16O4.C2H4O2/c1-5-11-8(4)7(3)9(10)13-12-6-2;1-2(3)4/h8H,3,5-6H2,1-2,4H3;1H3,(H,3,4). The van der Waals surface area contributed by atoms with E-state index in [9.17, 15) is 4.79 Å². The molecule has 6 nitrogen and oxygen atoms in total. The molecule has 0 spiro atoms. The second-order valence-corrected chi connectivity index (χ2v) is 2.92. The Kier molecular flexibility index (Phi) is 11.7. The molecule has 0 fully saturated rings. The van der Waals surface area contributed by atoms with Gasteiger partial charge >= 0.3 is 5.97 Å². The maximum atomic E-state index is 11.1. The van der Waals surface area contributed by atoms with Gasteiger partial charge in [0.25, 0.3) is 5.97 Å². The summed E-state index contributed by atoms with van der Waals surface area (Å²) in [6, 6.07) is 0. The minimum Gasteiger partial charge on any atom is -0.481 e. The SMILES string of the molecule is C=C(C(=O)OOCC)C(C)OCC.CC(=O)O. The van der Waals surface area contributed by atoms with Crippen molar-refractivity contribution in [2.45, 2.75) is 33.8 Å². The Balaban J connectivity index is 0. The Morgan fingerprint density at radius 3 is 2.12 bits per heavy atom. The molecule has 0 rings (SSSR count). The maximum absolute atomic E-state index is 11.1. The van der Waals surface area contributed by atoms with Gasteiger partial charge in [0.15, 0.2) is 0 Å². The average molecular weight is 248 g/mol. The zero-order valence-corrected chi connectivity index (χ0v) is 10.7. The van der Waals surface area contributed by atoms with E-state index in [1.807, 2.05) is 6.92 Å². The Hall–Kier alpha value is -1.40. The van der Waals surface area contributed by atoms with Gasteiger partial charge in [-0.25, -0.2) is 4.79 Å². The van der Waals surface area contributed by atoms with Gasteiger partial charge in [-0.1, -0.05) is 6.58 Å². The van der Waals surface area contributed by atoms with Crippen LogP contribution in [0.5, 0.6) is 0 Å². The van der Waals surface area contributed by atoms with Crippen LogP contribution >= 0.6 is 0 Å². The lowest BCUT2D eigenvalue weighted by Gasteiger charge is -2.12. The highest BCUT2D eigenvalue weighted by molar-refractivity contribution is 5.88. The third kappa shape index (κ3) is 12.5. The first-order chi connectivity index (χ1) is 7.86. The van der Waals surface area contributed by atoms with E-state index in [2.05, 4.69) is 16.4 Å². The molecule has 0 aliphatic rings. The zero-order chi connectivity index (χ0) is 13.8. The van der Waals surface area contributed by atoms with Crippen LogP contribution in [0, 0.1) is 0 Å².